The van der Waals surface area contributed by atoms with E-state index < -0.39 is 50.2 Å². The molecule has 2 atom stereocenters. The van der Waals surface area contributed by atoms with Gasteiger partial charge in [0.15, 0.2) is 0 Å². The van der Waals surface area contributed by atoms with Gasteiger partial charge in [0.05, 0.1) is 22.1 Å². The quantitative estimate of drug-likeness (QED) is 0.806. The summed E-state index contributed by atoms with van der Waals surface area (Å²) in [5.41, 5.74) is -2.12. The molecule has 6 nitrogen and oxygen atoms in total. The molecule has 0 saturated carbocycles. The number of rotatable bonds is 6. The molecule has 1 aromatic carbocycles. The summed E-state index contributed by atoms with van der Waals surface area (Å²) in [6, 6.07) is 1.73. The molecule has 1 rings (SSSR count). The molecular weight excluding hydrogens is 349 g/mol. The van der Waals surface area contributed by atoms with Gasteiger partial charge in [-0.1, -0.05) is 20.3 Å². The highest BCUT2D eigenvalue weighted by molar-refractivity contribution is 7.89. The van der Waals surface area contributed by atoms with Gasteiger partial charge < -0.3 is 5.11 Å². The maximum absolute atomic E-state index is 12.9. The zero-order valence-corrected chi connectivity index (χ0v) is 13.6. The lowest BCUT2D eigenvalue weighted by Gasteiger charge is -2.20. The number of hydrogen-bond acceptors (Lipinski definition) is 4. The molecule has 0 aromatic heterocycles. The third kappa shape index (κ3) is 4.46. The SMILES string of the molecule is CC[C@H](C)[C@H](NS(=O)(=O)c1ccc(C#N)c(C(F)(F)F)c1)C(=O)O. The molecule has 0 spiro atoms. The van der Waals surface area contributed by atoms with Crippen LogP contribution in [0.25, 0.3) is 0 Å². The molecule has 0 heterocycles. The zero-order chi connectivity index (χ0) is 18.7. The molecule has 0 radical (unpaired) electrons. The average molecular weight is 364 g/mol. The van der Waals surface area contributed by atoms with E-state index in [0.717, 1.165) is 12.1 Å². The number of aliphatic carboxylic acids is 1. The Bertz CT molecular complexity index is 769. The van der Waals surface area contributed by atoms with Gasteiger partial charge in [-0.2, -0.15) is 23.2 Å². The van der Waals surface area contributed by atoms with Crippen molar-refractivity contribution in [3.63, 3.8) is 0 Å². The van der Waals surface area contributed by atoms with E-state index in [1.807, 2.05) is 4.72 Å². The number of nitriles is 1. The summed E-state index contributed by atoms with van der Waals surface area (Å²) in [6.07, 6.45) is -4.57. The Morgan fingerprint density at radius 2 is 2.00 bits per heavy atom. The standard InChI is InChI=1S/C14H15F3N2O4S/c1-3-8(2)12(13(20)21)19-24(22,23)10-5-4-9(7-18)11(6-10)14(15,16)17/h4-6,8,12,19H,3H2,1-2H3,(H,20,21)/t8-,12-/m0/s1. The van der Waals surface area contributed by atoms with Crippen molar-refractivity contribution in [2.45, 2.75) is 37.4 Å². The number of alkyl halides is 3. The van der Waals surface area contributed by atoms with Gasteiger partial charge in [-0.3, -0.25) is 4.79 Å². The van der Waals surface area contributed by atoms with Crippen molar-refractivity contribution in [3.8, 4) is 6.07 Å². The monoisotopic (exact) mass is 364 g/mol. The maximum Gasteiger partial charge on any atom is 0.417 e. The largest absolute Gasteiger partial charge is 0.480 e. The van der Waals surface area contributed by atoms with Gasteiger partial charge in [-0.15, -0.1) is 0 Å². The van der Waals surface area contributed by atoms with Crippen molar-refractivity contribution in [1.82, 2.24) is 4.72 Å². The Kier molecular flexibility index (Phi) is 5.97. The summed E-state index contributed by atoms with van der Waals surface area (Å²) < 4.78 is 65.1. The Hall–Kier alpha value is -2.12. The van der Waals surface area contributed by atoms with Crippen molar-refractivity contribution in [2.24, 2.45) is 5.92 Å². The van der Waals surface area contributed by atoms with Crippen molar-refractivity contribution in [1.29, 1.82) is 5.26 Å². The number of benzene rings is 1. The molecule has 0 saturated heterocycles. The van der Waals surface area contributed by atoms with E-state index >= 15 is 0 Å². The number of halogens is 3. The Balaban J connectivity index is 3.34. The fourth-order valence-electron chi connectivity index (χ4n) is 1.90. The Morgan fingerprint density at radius 3 is 2.42 bits per heavy atom. The van der Waals surface area contributed by atoms with Crippen LogP contribution in [0.3, 0.4) is 0 Å². The van der Waals surface area contributed by atoms with Crippen LogP contribution in [-0.2, 0) is 21.0 Å². The Morgan fingerprint density at radius 1 is 1.42 bits per heavy atom. The van der Waals surface area contributed by atoms with Gasteiger partial charge in [0.2, 0.25) is 10.0 Å². The summed E-state index contributed by atoms with van der Waals surface area (Å²) >= 11 is 0. The maximum atomic E-state index is 12.9. The Labute approximate surface area is 137 Å². The molecule has 2 N–H and O–H groups in total. The third-order valence-corrected chi connectivity index (χ3v) is 4.93. The van der Waals surface area contributed by atoms with Crippen LogP contribution in [0.1, 0.15) is 31.4 Å². The fourth-order valence-corrected chi connectivity index (χ4v) is 3.23. The second-order valence-electron chi connectivity index (χ2n) is 5.14. The van der Waals surface area contributed by atoms with E-state index in [1.165, 1.54) is 13.0 Å². The topological polar surface area (TPSA) is 107 Å². The van der Waals surface area contributed by atoms with Crippen LogP contribution in [-0.4, -0.2) is 25.5 Å². The summed E-state index contributed by atoms with van der Waals surface area (Å²) in [6.45, 7) is 3.15. The number of carboxylic acid groups (broad SMARTS) is 1. The summed E-state index contributed by atoms with van der Waals surface area (Å²) in [7, 11) is -4.51. The molecule has 0 unspecified atom stereocenters. The van der Waals surface area contributed by atoms with E-state index in [2.05, 4.69) is 0 Å². The number of carbonyl (C=O) groups is 1. The minimum absolute atomic E-state index is 0.316. The van der Waals surface area contributed by atoms with Crippen LogP contribution >= 0.6 is 0 Å². The van der Waals surface area contributed by atoms with Crippen LogP contribution in [0.4, 0.5) is 13.2 Å². The van der Waals surface area contributed by atoms with Crippen molar-refractivity contribution < 1.29 is 31.5 Å². The number of carboxylic acids is 1. The second-order valence-corrected chi connectivity index (χ2v) is 6.85. The molecule has 1 aromatic rings. The van der Waals surface area contributed by atoms with Crippen molar-refractivity contribution >= 4 is 16.0 Å². The lowest BCUT2D eigenvalue weighted by molar-refractivity contribution is -0.140. The van der Waals surface area contributed by atoms with E-state index in [1.54, 1.807) is 6.92 Å². The van der Waals surface area contributed by atoms with Gasteiger partial charge in [-0.25, -0.2) is 8.42 Å². The zero-order valence-electron chi connectivity index (χ0n) is 12.8. The molecular formula is C14H15F3N2O4S. The smallest absolute Gasteiger partial charge is 0.417 e. The highest BCUT2D eigenvalue weighted by Gasteiger charge is 2.36. The number of hydrogen-bond donors (Lipinski definition) is 2. The normalized spacial score (nSPS) is 14.7. The fraction of sp³-hybridized carbons (Fsp3) is 0.429. The molecule has 132 valence electrons. The molecule has 0 aliphatic rings. The van der Waals surface area contributed by atoms with Gasteiger partial charge in [0, 0.05) is 0 Å². The third-order valence-electron chi connectivity index (χ3n) is 3.49. The van der Waals surface area contributed by atoms with Crippen LogP contribution < -0.4 is 4.72 Å². The molecule has 10 heteroatoms. The van der Waals surface area contributed by atoms with Crippen LogP contribution in [0.2, 0.25) is 0 Å². The summed E-state index contributed by atoms with van der Waals surface area (Å²) in [4.78, 5) is 10.4. The van der Waals surface area contributed by atoms with Crippen molar-refractivity contribution in [3.05, 3.63) is 29.3 Å². The number of nitrogens with zero attached hydrogens (tertiary/aromatic N) is 1. The first-order valence-corrected chi connectivity index (χ1v) is 8.28. The van der Waals surface area contributed by atoms with Gasteiger partial charge in [0.25, 0.3) is 0 Å². The highest BCUT2D eigenvalue weighted by Crippen LogP contribution is 2.33. The molecule has 0 fully saturated rings. The first-order valence-electron chi connectivity index (χ1n) is 6.80. The van der Waals surface area contributed by atoms with E-state index in [0.29, 0.717) is 12.5 Å². The van der Waals surface area contributed by atoms with E-state index in [9.17, 15) is 26.4 Å². The van der Waals surface area contributed by atoms with Crippen LogP contribution in [0, 0.1) is 17.2 Å². The van der Waals surface area contributed by atoms with Crippen molar-refractivity contribution in [2.75, 3.05) is 0 Å². The van der Waals surface area contributed by atoms with Crippen LogP contribution in [0.5, 0.6) is 0 Å². The van der Waals surface area contributed by atoms with Crippen LogP contribution in [0.15, 0.2) is 23.1 Å². The lowest BCUT2D eigenvalue weighted by Crippen LogP contribution is -2.44. The number of nitrogens with one attached hydrogen (secondary N) is 1. The first kappa shape index (κ1) is 19.9. The molecule has 0 aliphatic carbocycles. The molecule has 24 heavy (non-hydrogen) atoms. The van der Waals surface area contributed by atoms with Gasteiger partial charge >= 0.3 is 12.1 Å². The minimum Gasteiger partial charge on any atom is -0.480 e. The highest BCUT2D eigenvalue weighted by atomic mass is 32.2. The molecule has 0 amide bonds. The van der Waals surface area contributed by atoms with E-state index in [-0.39, 0.29) is 0 Å². The van der Waals surface area contributed by atoms with E-state index in [4.69, 9.17) is 10.4 Å². The minimum atomic E-state index is -4.92. The second kappa shape index (κ2) is 7.19. The first-order chi connectivity index (χ1) is 10.9. The summed E-state index contributed by atoms with van der Waals surface area (Å²) in [5, 5.41) is 17.8. The predicted molar refractivity (Wildman–Crippen MR) is 77.4 cm³/mol. The predicted octanol–water partition coefficient (Wildman–Crippen LogP) is 2.35. The average Bonchev–Trinajstić information content (AvgIpc) is 2.50. The lowest BCUT2D eigenvalue weighted by atomic mass is 10.0. The number of sulfonamides is 1. The molecule has 0 aliphatic heterocycles. The molecule has 0 bridgehead atoms. The summed E-state index contributed by atoms with van der Waals surface area (Å²) in [5.74, 6) is -2.00. The van der Waals surface area contributed by atoms with Gasteiger partial charge in [0.1, 0.15) is 6.04 Å². The van der Waals surface area contributed by atoms with Gasteiger partial charge in [-0.05, 0) is 24.1 Å².